The van der Waals surface area contributed by atoms with E-state index in [1.807, 2.05) is 6.07 Å². The predicted molar refractivity (Wildman–Crippen MR) is 94.1 cm³/mol. The second kappa shape index (κ2) is 7.48. The maximum absolute atomic E-state index is 12.7. The van der Waals surface area contributed by atoms with Crippen LogP contribution in [0.25, 0.3) is 0 Å². The SMILES string of the molecule is CC(CC(=O)NC1(c2ccccc2)CCCC1)C1CCCNC1. The summed E-state index contributed by atoms with van der Waals surface area (Å²) in [6.07, 6.45) is 7.70. The first-order valence-corrected chi connectivity index (χ1v) is 9.27. The summed E-state index contributed by atoms with van der Waals surface area (Å²) in [5, 5.41) is 6.88. The van der Waals surface area contributed by atoms with Crippen LogP contribution in [0.1, 0.15) is 57.4 Å². The van der Waals surface area contributed by atoms with Gasteiger partial charge in [0.25, 0.3) is 0 Å². The average molecular weight is 314 g/mol. The van der Waals surface area contributed by atoms with Crippen LogP contribution in [-0.4, -0.2) is 19.0 Å². The van der Waals surface area contributed by atoms with Crippen molar-refractivity contribution in [1.29, 1.82) is 0 Å². The Hall–Kier alpha value is -1.35. The first-order valence-electron chi connectivity index (χ1n) is 9.27. The van der Waals surface area contributed by atoms with E-state index in [1.54, 1.807) is 0 Å². The highest BCUT2D eigenvalue weighted by molar-refractivity contribution is 5.77. The molecule has 0 radical (unpaired) electrons. The number of carbonyl (C=O) groups excluding carboxylic acids is 1. The molecule has 2 fully saturated rings. The monoisotopic (exact) mass is 314 g/mol. The van der Waals surface area contributed by atoms with Crippen molar-refractivity contribution < 1.29 is 4.79 Å². The number of nitrogens with one attached hydrogen (secondary N) is 2. The number of hydrogen-bond donors (Lipinski definition) is 2. The average Bonchev–Trinajstić information content (AvgIpc) is 3.06. The number of piperidine rings is 1. The zero-order valence-electron chi connectivity index (χ0n) is 14.3. The molecule has 0 aromatic heterocycles. The minimum Gasteiger partial charge on any atom is -0.347 e. The molecule has 126 valence electrons. The summed E-state index contributed by atoms with van der Waals surface area (Å²) in [5.41, 5.74) is 1.15. The predicted octanol–water partition coefficient (Wildman–Crippen LogP) is 3.60. The Labute approximate surface area is 140 Å². The molecule has 1 saturated heterocycles. The van der Waals surface area contributed by atoms with E-state index < -0.39 is 0 Å². The van der Waals surface area contributed by atoms with Crippen molar-refractivity contribution >= 4 is 5.91 Å². The fourth-order valence-electron chi connectivity index (χ4n) is 4.36. The molecular formula is C20H30N2O. The third kappa shape index (κ3) is 3.95. The Balaban J connectivity index is 1.63. The maximum Gasteiger partial charge on any atom is 0.220 e. The fraction of sp³-hybridized carbons (Fsp3) is 0.650. The van der Waals surface area contributed by atoms with Crippen molar-refractivity contribution in [1.82, 2.24) is 10.6 Å². The van der Waals surface area contributed by atoms with Crippen molar-refractivity contribution in [3.05, 3.63) is 35.9 Å². The van der Waals surface area contributed by atoms with Gasteiger partial charge in [-0.2, -0.15) is 0 Å². The lowest BCUT2D eigenvalue weighted by Crippen LogP contribution is -2.45. The first kappa shape index (κ1) is 16.5. The smallest absolute Gasteiger partial charge is 0.220 e. The van der Waals surface area contributed by atoms with E-state index in [1.165, 1.54) is 31.2 Å². The van der Waals surface area contributed by atoms with E-state index in [0.29, 0.717) is 18.3 Å². The van der Waals surface area contributed by atoms with E-state index in [4.69, 9.17) is 0 Å². The lowest BCUT2D eigenvalue weighted by molar-refractivity contribution is -0.124. The lowest BCUT2D eigenvalue weighted by Gasteiger charge is -2.33. The van der Waals surface area contributed by atoms with Gasteiger partial charge in [-0.3, -0.25) is 4.79 Å². The number of hydrogen-bond acceptors (Lipinski definition) is 2. The summed E-state index contributed by atoms with van der Waals surface area (Å²) < 4.78 is 0. The fourth-order valence-corrected chi connectivity index (χ4v) is 4.36. The minimum atomic E-state index is -0.122. The topological polar surface area (TPSA) is 41.1 Å². The van der Waals surface area contributed by atoms with Crippen LogP contribution in [0.4, 0.5) is 0 Å². The van der Waals surface area contributed by atoms with Crippen LogP contribution in [0.5, 0.6) is 0 Å². The van der Waals surface area contributed by atoms with Crippen molar-refractivity contribution in [2.45, 2.75) is 57.4 Å². The van der Waals surface area contributed by atoms with Crippen molar-refractivity contribution in [2.24, 2.45) is 11.8 Å². The normalized spacial score (nSPS) is 25.0. The molecule has 1 aliphatic carbocycles. The van der Waals surface area contributed by atoms with Crippen LogP contribution in [0, 0.1) is 11.8 Å². The van der Waals surface area contributed by atoms with Crippen LogP contribution >= 0.6 is 0 Å². The zero-order chi connectivity index (χ0) is 16.1. The van der Waals surface area contributed by atoms with E-state index in [2.05, 4.69) is 41.8 Å². The molecular weight excluding hydrogens is 284 g/mol. The van der Waals surface area contributed by atoms with Crippen LogP contribution in [0.3, 0.4) is 0 Å². The second-order valence-electron chi connectivity index (χ2n) is 7.49. The molecule has 1 aromatic carbocycles. The Morgan fingerprint density at radius 1 is 1.26 bits per heavy atom. The van der Waals surface area contributed by atoms with E-state index in [9.17, 15) is 4.79 Å². The molecule has 3 nitrogen and oxygen atoms in total. The molecule has 2 N–H and O–H groups in total. The molecule has 23 heavy (non-hydrogen) atoms. The molecule has 1 amide bonds. The Kier molecular flexibility index (Phi) is 5.37. The summed E-state index contributed by atoms with van der Waals surface area (Å²) in [4.78, 5) is 12.7. The first-order chi connectivity index (χ1) is 11.2. The number of rotatable bonds is 5. The van der Waals surface area contributed by atoms with Gasteiger partial charge in [0, 0.05) is 6.42 Å². The quantitative estimate of drug-likeness (QED) is 0.872. The molecule has 2 aliphatic rings. The molecule has 2 atom stereocenters. The largest absolute Gasteiger partial charge is 0.347 e. The van der Waals surface area contributed by atoms with Crippen molar-refractivity contribution in [2.75, 3.05) is 13.1 Å². The third-order valence-electron chi connectivity index (χ3n) is 5.81. The van der Waals surface area contributed by atoms with Gasteiger partial charge in [0.2, 0.25) is 5.91 Å². The molecule has 1 heterocycles. The van der Waals surface area contributed by atoms with Crippen molar-refractivity contribution in [3.8, 4) is 0 Å². The van der Waals surface area contributed by atoms with E-state index in [-0.39, 0.29) is 11.4 Å². The Morgan fingerprint density at radius 2 is 2.00 bits per heavy atom. The van der Waals surface area contributed by atoms with Crippen LogP contribution in [0.15, 0.2) is 30.3 Å². The summed E-state index contributed by atoms with van der Waals surface area (Å²) >= 11 is 0. The molecule has 2 unspecified atom stereocenters. The molecule has 1 aromatic rings. The third-order valence-corrected chi connectivity index (χ3v) is 5.81. The lowest BCUT2D eigenvalue weighted by atomic mass is 9.84. The standard InChI is InChI=1S/C20H30N2O/c1-16(17-8-7-13-21-15-17)14-19(23)22-20(11-5-6-12-20)18-9-3-2-4-10-18/h2-4,9-10,16-17,21H,5-8,11-15H2,1H3,(H,22,23). The van der Waals surface area contributed by atoms with Gasteiger partial charge in [0.1, 0.15) is 0 Å². The summed E-state index contributed by atoms with van der Waals surface area (Å²) in [6.45, 7) is 4.44. The maximum atomic E-state index is 12.7. The number of carbonyl (C=O) groups is 1. The van der Waals surface area contributed by atoms with E-state index >= 15 is 0 Å². The van der Waals surface area contributed by atoms with Gasteiger partial charge in [-0.25, -0.2) is 0 Å². The molecule has 0 bridgehead atoms. The highest BCUT2D eigenvalue weighted by atomic mass is 16.1. The van der Waals surface area contributed by atoms with E-state index in [0.717, 1.165) is 25.9 Å². The van der Waals surface area contributed by atoms with Crippen LogP contribution < -0.4 is 10.6 Å². The summed E-state index contributed by atoms with van der Waals surface area (Å²) in [7, 11) is 0. The summed E-state index contributed by atoms with van der Waals surface area (Å²) in [6, 6.07) is 10.5. The molecule has 3 heteroatoms. The highest BCUT2D eigenvalue weighted by Crippen LogP contribution is 2.39. The number of amides is 1. The van der Waals surface area contributed by atoms with Crippen LogP contribution in [-0.2, 0) is 10.3 Å². The minimum absolute atomic E-state index is 0.122. The molecule has 1 saturated carbocycles. The number of benzene rings is 1. The Morgan fingerprint density at radius 3 is 2.65 bits per heavy atom. The summed E-state index contributed by atoms with van der Waals surface area (Å²) in [5.74, 6) is 1.33. The molecule has 3 rings (SSSR count). The zero-order valence-corrected chi connectivity index (χ0v) is 14.3. The van der Waals surface area contributed by atoms with Crippen LogP contribution in [0.2, 0.25) is 0 Å². The van der Waals surface area contributed by atoms with Gasteiger partial charge in [0.05, 0.1) is 5.54 Å². The van der Waals surface area contributed by atoms with Gasteiger partial charge < -0.3 is 10.6 Å². The van der Waals surface area contributed by atoms with Gasteiger partial charge >= 0.3 is 0 Å². The van der Waals surface area contributed by atoms with Gasteiger partial charge in [-0.05, 0) is 56.2 Å². The van der Waals surface area contributed by atoms with Gasteiger partial charge in [-0.15, -0.1) is 0 Å². The van der Waals surface area contributed by atoms with Gasteiger partial charge in [0.15, 0.2) is 0 Å². The molecule has 1 aliphatic heterocycles. The molecule has 0 spiro atoms. The second-order valence-corrected chi connectivity index (χ2v) is 7.49. The Bertz CT molecular complexity index is 502. The highest BCUT2D eigenvalue weighted by Gasteiger charge is 2.37. The van der Waals surface area contributed by atoms with Gasteiger partial charge in [-0.1, -0.05) is 50.1 Å². The van der Waals surface area contributed by atoms with Crippen molar-refractivity contribution in [3.63, 3.8) is 0 Å².